The van der Waals surface area contributed by atoms with Gasteiger partial charge >= 0.3 is 0 Å². The van der Waals surface area contributed by atoms with Crippen LogP contribution in [0.5, 0.6) is 0 Å². The van der Waals surface area contributed by atoms with Crippen molar-refractivity contribution in [2.45, 2.75) is 13.5 Å². The smallest absolute Gasteiger partial charge is 0.169 e. The summed E-state index contributed by atoms with van der Waals surface area (Å²) in [5, 5.41) is 1.08. The lowest BCUT2D eigenvalue weighted by molar-refractivity contribution is -0.693. The highest BCUT2D eigenvalue weighted by Gasteiger charge is 2.07. The molecule has 0 aliphatic rings. The second-order valence-electron chi connectivity index (χ2n) is 5.48. The summed E-state index contributed by atoms with van der Waals surface area (Å²) < 4.78 is 3.40. The Morgan fingerprint density at radius 2 is 1.48 bits per heavy atom. The summed E-state index contributed by atoms with van der Waals surface area (Å²) in [5.74, 6) is 0. The van der Waals surface area contributed by atoms with E-state index in [0.29, 0.717) is 0 Å². The number of hydrogen-bond donors (Lipinski definition) is 0. The second-order valence-corrected chi connectivity index (χ2v) is 6.51. The van der Waals surface area contributed by atoms with Gasteiger partial charge in [-0.05, 0) is 30.2 Å². The van der Waals surface area contributed by atoms with Crippen molar-refractivity contribution in [1.29, 1.82) is 0 Å². The maximum absolute atomic E-state index is 4.72. The van der Waals surface area contributed by atoms with Crippen molar-refractivity contribution >= 4 is 21.6 Å². The minimum absolute atomic E-state index is 0.997. The van der Waals surface area contributed by atoms with Crippen molar-refractivity contribution in [2.24, 2.45) is 0 Å². The fourth-order valence-electron chi connectivity index (χ4n) is 2.66. The molecular formula is C20H17N2S+. The number of thiazole rings is 1. The molecule has 0 fully saturated rings. The summed E-state index contributed by atoms with van der Waals surface area (Å²) >= 11 is 1.74. The monoisotopic (exact) mass is 317 g/mol. The molecule has 112 valence electrons. The lowest BCUT2D eigenvalue weighted by atomic mass is 10.1. The van der Waals surface area contributed by atoms with Gasteiger partial charge in [0.15, 0.2) is 12.4 Å². The molecule has 0 radical (unpaired) electrons. The first-order chi connectivity index (χ1) is 11.3. The molecular weight excluding hydrogens is 300 g/mol. The predicted molar refractivity (Wildman–Crippen MR) is 96.4 cm³/mol. The number of benzene rings is 2. The van der Waals surface area contributed by atoms with Crippen LogP contribution in [0.1, 0.15) is 6.92 Å². The molecule has 0 atom stereocenters. The van der Waals surface area contributed by atoms with Gasteiger partial charge in [0.2, 0.25) is 0 Å². The Hall–Kier alpha value is -2.52. The van der Waals surface area contributed by atoms with Gasteiger partial charge in [-0.2, -0.15) is 0 Å². The summed E-state index contributed by atoms with van der Waals surface area (Å²) in [6, 6.07) is 21.3. The molecule has 0 aliphatic heterocycles. The van der Waals surface area contributed by atoms with Gasteiger partial charge in [0.1, 0.15) is 11.6 Å². The maximum atomic E-state index is 4.72. The van der Waals surface area contributed by atoms with E-state index in [2.05, 4.69) is 78.5 Å². The number of nitrogens with zero attached hydrogens (tertiary/aromatic N) is 2. The number of rotatable bonds is 3. The largest absolute Gasteiger partial charge is 0.236 e. The van der Waals surface area contributed by atoms with Crippen LogP contribution in [0.15, 0.2) is 73.1 Å². The highest BCUT2D eigenvalue weighted by molar-refractivity contribution is 7.21. The first-order valence-electron chi connectivity index (χ1n) is 7.79. The number of fused-ring (bicyclic) bond motifs is 1. The van der Waals surface area contributed by atoms with E-state index >= 15 is 0 Å². The van der Waals surface area contributed by atoms with E-state index in [1.165, 1.54) is 21.4 Å². The van der Waals surface area contributed by atoms with Crippen LogP contribution in [-0.4, -0.2) is 4.98 Å². The average molecular weight is 317 g/mol. The van der Waals surface area contributed by atoms with E-state index in [1.54, 1.807) is 11.3 Å². The third kappa shape index (κ3) is 2.76. The summed E-state index contributed by atoms with van der Waals surface area (Å²) in [7, 11) is 0. The molecule has 4 rings (SSSR count). The molecule has 2 heterocycles. The number of hydrogen-bond acceptors (Lipinski definition) is 2. The first kappa shape index (κ1) is 14.1. The van der Waals surface area contributed by atoms with Crippen LogP contribution >= 0.6 is 11.3 Å². The molecule has 4 aromatic rings. The number of pyridine rings is 1. The molecule has 2 nitrogen and oxygen atoms in total. The summed E-state index contributed by atoms with van der Waals surface area (Å²) in [6.07, 6.45) is 4.24. The average Bonchev–Trinajstić information content (AvgIpc) is 3.06. The van der Waals surface area contributed by atoms with Crippen molar-refractivity contribution in [1.82, 2.24) is 4.98 Å². The summed E-state index contributed by atoms with van der Waals surface area (Å²) in [6.45, 7) is 3.14. The van der Waals surface area contributed by atoms with Gasteiger partial charge in [-0.1, -0.05) is 36.4 Å². The number of para-hydroxylation sites is 1. The van der Waals surface area contributed by atoms with Gasteiger partial charge in [-0.25, -0.2) is 9.55 Å². The first-order valence-corrected chi connectivity index (χ1v) is 8.60. The quantitative estimate of drug-likeness (QED) is 0.489. The number of aryl methyl sites for hydroxylation is 1. The van der Waals surface area contributed by atoms with Crippen LogP contribution < -0.4 is 4.57 Å². The highest BCUT2D eigenvalue weighted by atomic mass is 32.1. The fraction of sp³-hybridized carbons (Fsp3) is 0.100. The Balaban J connectivity index is 1.66. The summed E-state index contributed by atoms with van der Waals surface area (Å²) in [5.41, 5.74) is 4.72. The third-order valence-electron chi connectivity index (χ3n) is 4.02. The minimum atomic E-state index is 0.997. The van der Waals surface area contributed by atoms with Crippen molar-refractivity contribution in [3.63, 3.8) is 0 Å². The van der Waals surface area contributed by atoms with E-state index in [0.717, 1.165) is 17.1 Å². The molecule has 0 amide bonds. The lowest BCUT2D eigenvalue weighted by Crippen LogP contribution is -2.30. The van der Waals surface area contributed by atoms with Gasteiger partial charge in [0.25, 0.3) is 0 Å². The molecule has 0 unspecified atom stereocenters. The van der Waals surface area contributed by atoms with Crippen molar-refractivity contribution in [3.8, 4) is 21.7 Å². The molecule has 23 heavy (non-hydrogen) atoms. The van der Waals surface area contributed by atoms with E-state index in [9.17, 15) is 0 Å². The zero-order valence-electron chi connectivity index (χ0n) is 12.9. The normalized spacial score (nSPS) is 11.0. The molecule has 0 saturated carbocycles. The van der Waals surface area contributed by atoms with Crippen LogP contribution in [0.2, 0.25) is 0 Å². The third-order valence-corrected chi connectivity index (χ3v) is 5.10. The molecule has 0 bridgehead atoms. The van der Waals surface area contributed by atoms with Crippen LogP contribution in [0.3, 0.4) is 0 Å². The van der Waals surface area contributed by atoms with Crippen LogP contribution in [0.4, 0.5) is 0 Å². The summed E-state index contributed by atoms with van der Waals surface area (Å²) in [4.78, 5) is 4.72. The fourth-order valence-corrected chi connectivity index (χ4v) is 3.63. The molecule has 2 aromatic heterocycles. The van der Waals surface area contributed by atoms with E-state index in [4.69, 9.17) is 4.98 Å². The van der Waals surface area contributed by atoms with Crippen LogP contribution in [0, 0.1) is 0 Å². The molecule has 0 aliphatic carbocycles. The highest BCUT2D eigenvalue weighted by Crippen LogP contribution is 2.31. The van der Waals surface area contributed by atoms with E-state index in [-0.39, 0.29) is 0 Å². The zero-order chi connectivity index (χ0) is 15.6. The Bertz CT molecular complexity index is 904. The van der Waals surface area contributed by atoms with Crippen LogP contribution in [-0.2, 0) is 6.54 Å². The zero-order valence-corrected chi connectivity index (χ0v) is 13.8. The maximum Gasteiger partial charge on any atom is 0.169 e. The van der Waals surface area contributed by atoms with Crippen LogP contribution in [0.25, 0.3) is 31.9 Å². The second kappa shape index (κ2) is 5.94. The number of aromatic nitrogens is 2. The van der Waals surface area contributed by atoms with Crippen molar-refractivity contribution in [3.05, 3.63) is 73.1 Å². The van der Waals surface area contributed by atoms with E-state index < -0.39 is 0 Å². The molecule has 0 saturated heterocycles. The Labute approximate surface area is 139 Å². The molecule has 0 spiro atoms. The van der Waals surface area contributed by atoms with E-state index in [1.807, 2.05) is 6.07 Å². The minimum Gasteiger partial charge on any atom is -0.236 e. The Kier molecular flexibility index (Phi) is 3.64. The standard InChI is InChI=1S/C20H17N2S/c1-2-22-13-11-16(12-14-22)15-7-9-17(10-8-15)20-21-18-5-3-4-6-19(18)23-20/h3-14H,2H2,1H3/q+1. The van der Waals surface area contributed by atoms with Crippen molar-refractivity contribution < 1.29 is 4.57 Å². The lowest BCUT2D eigenvalue weighted by Gasteiger charge is -2.02. The predicted octanol–water partition coefficient (Wildman–Crippen LogP) is 4.94. The van der Waals surface area contributed by atoms with Gasteiger partial charge in [0, 0.05) is 17.7 Å². The van der Waals surface area contributed by atoms with Gasteiger partial charge in [-0.3, -0.25) is 0 Å². The van der Waals surface area contributed by atoms with Gasteiger partial charge in [0.05, 0.1) is 10.2 Å². The SMILES string of the molecule is CC[n+]1ccc(-c2ccc(-c3nc4ccccc4s3)cc2)cc1. The van der Waals surface area contributed by atoms with Crippen molar-refractivity contribution in [2.75, 3.05) is 0 Å². The topological polar surface area (TPSA) is 16.8 Å². The van der Waals surface area contributed by atoms with Gasteiger partial charge < -0.3 is 0 Å². The Morgan fingerprint density at radius 3 is 2.17 bits per heavy atom. The Morgan fingerprint density at radius 1 is 0.826 bits per heavy atom. The van der Waals surface area contributed by atoms with Gasteiger partial charge in [-0.15, -0.1) is 11.3 Å². The molecule has 3 heteroatoms. The molecule has 2 aromatic carbocycles. The molecule has 0 N–H and O–H groups in total.